The van der Waals surface area contributed by atoms with Crippen LogP contribution in [0.4, 0.5) is 0 Å². The number of β-amino-alcohol motifs (C(OH)–C–C–N with tert-alkyl or cyclic N) is 1. The maximum atomic E-state index is 9.53. The molecule has 1 aromatic heterocycles. The minimum atomic E-state index is -0.290. The van der Waals surface area contributed by atoms with Crippen LogP contribution in [0.1, 0.15) is 75.0 Å². The Morgan fingerprint density at radius 3 is 2.53 bits per heavy atom. The topological polar surface area (TPSA) is 71.2 Å². The van der Waals surface area contributed by atoms with Crippen LogP contribution in [0.15, 0.2) is 4.52 Å². The van der Waals surface area contributed by atoms with Gasteiger partial charge < -0.3 is 14.9 Å². The molecule has 3 rings (SSSR count). The summed E-state index contributed by atoms with van der Waals surface area (Å²) in [7, 11) is 0. The normalized spacial score (nSPS) is 30.2. The van der Waals surface area contributed by atoms with Gasteiger partial charge in [-0.25, -0.2) is 0 Å². The Labute approximate surface area is 113 Å². The molecule has 5 nitrogen and oxygen atoms in total. The van der Waals surface area contributed by atoms with Gasteiger partial charge in [-0.1, -0.05) is 37.3 Å². The van der Waals surface area contributed by atoms with Gasteiger partial charge in [-0.2, -0.15) is 4.98 Å². The predicted octanol–water partition coefficient (Wildman–Crippen LogP) is 2.29. The van der Waals surface area contributed by atoms with Crippen molar-refractivity contribution in [1.82, 2.24) is 15.5 Å². The summed E-state index contributed by atoms with van der Waals surface area (Å²) >= 11 is 0. The first kappa shape index (κ1) is 13.1. The highest BCUT2D eigenvalue weighted by molar-refractivity contribution is 5.01. The van der Waals surface area contributed by atoms with Gasteiger partial charge in [0.2, 0.25) is 5.89 Å². The van der Waals surface area contributed by atoms with Gasteiger partial charge in [0, 0.05) is 12.5 Å². The van der Waals surface area contributed by atoms with E-state index in [-0.39, 0.29) is 12.1 Å². The van der Waals surface area contributed by atoms with Crippen molar-refractivity contribution in [2.45, 2.75) is 69.4 Å². The van der Waals surface area contributed by atoms with Crippen LogP contribution in [0.3, 0.4) is 0 Å². The van der Waals surface area contributed by atoms with Crippen molar-refractivity contribution in [1.29, 1.82) is 0 Å². The van der Waals surface area contributed by atoms with Gasteiger partial charge in [0.15, 0.2) is 5.82 Å². The van der Waals surface area contributed by atoms with Crippen LogP contribution < -0.4 is 5.32 Å². The summed E-state index contributed by atoms with van der Waals surface area (Å²) in [5.41, 5.74) is 0. The molecule has 1 aromatic rings. The second-order valence-corrected chi connectivity index (χ2v) is 5.88. The molecular weight excluding hydrogens is 242 g/mol. The minimum Gasteiger partial charge on any atom is -0.392 e. The second-order valence-electron chi connectivity index (χ2n) is 5.88. The highest BCUT2D eigenvalue weighted by Crippen LogP contribution is 2.30. The molecule has 106 valence electrons. The van der Waals surface area contributed by atoms with Crippen molar-refractivity contribution < 1.29 is 9.63 Å². The van der Waals surface area contributed by atoms with E-state index in [1.165, 1.54) is 44.9 Å². The van der Waals surface area contributed by atoms with E-state index in [9.17, 15) is 5.11 Å². The molecule has 2 N–H and O–H groups in total. The lowest BCUT2D eigenvalue weighted by atomic mass is 9.91. The Morgan fingerprint density at radius 1 is 1.11 bits per heavy atom. The lowest BCUT2D eigenvalue weighted by Crippen LogP contribution is -2.15. The third kappa shape index (κ3) is 3.15. The maximum absolute atomic E-state index is 9.53. The van der Waals surface area contributed by atoms with Gasteiger partial charge in [-0.3, -0.25) is 0 Å². The lowest BCUT2D eigenvalue weighted by Gasteiger charge is -2.15. The fourth-order valence-corrected chi connectivity index (χ4v) is 3.17. The summed E-state index contributed by atoms with van der Waals surface area (Å²) in [4.78, 5) is 4.57. The van der Waals surface area contributed by atoms with Gasteiger partial charge in [0.25, 0.3) is 0 Å². The average Bonchev–Trinajstić information content (AvgIpc) is 2.97. The second kappa shape index (κ2) is 6.01. The predicted molar refractivity (Wildman–Crippen MR) is 70.7 cm³/mol. The van der Waals surface area contributed by atoms with Crippen molar-refractivity contribution in [3.05, 3.63) is 11.7 Å². The largest absolute Gasteiger partial charge is 0.392 e. The zero-order valence-electron chi connectivity index (χ0n) is 11.3. The van der Waals surface area contributed by atoms with Crippen LogP contribution in [0.2, 0.25) is 0 Å². The SMILES string of the molecule is O[C@@H]1CN[C@H](c2nc(C3CCCCCCC3)no2)C1. The quantitative estimate of drug-likeness (QED) is 0.858. The average molecular weight is 265 g/mol. The molecule has 0 bridgehead atoms. The van der Waals surface area contributed by atoms with E-state index in [1.54, 1.807) is 0 Å². The number of nitrogens with one attached hydrogen (secondary N) is 1. The van der Waals surface area contributed by atoms with E-state index < -0.39 is 0 Å². The summed E-state index contributed by atoms with van der Waals surface area (Å²) in [5, 5.41) is 16.9. The molecule has 2 heterocycles. The standard InChI is InChI=1S/C14H23N3O2/c18-11-8-12(15-9-11)14-16-13(17-19-14)10-6-4-2-1-3-5-7-10/h10-12,15,18H,1-9H2/t11-,12-/m0/s1. The van der Waals surface area contributed by atoms with E-state index in [1.807, 2.05) is 0 Å². The number of nitrogens with zero attached hydrogens (tertiary/aromatic N) is 2. The molecule has 2 fully saturated rings. The molecule has 2 aliphatic rings. The molecule has 1 saturated heterocycles. The molecular formula is C14H23N3O2. The summed E-state index contributed by atoms with van der Waals surface area (Å²) < 4.78 is 5.39. The zero-order chi connectivity index (χ0) is 13.1. The molecule has 0 radical (unpaired) electrons. The minimum absolute atomic E-state index is 0.0322. The van der Waals surface area contributed by atoms with E-state index in [4.69, 9.17) is 4.52 Å². The third-order valence-electron chi connectivity index (χ3n) is 4.33. The Hall–Kier alpha value is -0.940. The number of aliphatic hydroxyl groups is 1. The van der Waals surface area contributed by atoms with Gasteiger partial charge >= 0.3 is 0 Å². The number of hydrogen-bond acceptors (Lipinski definition) is 5. The van der Waals surface area contributed by atoms with Crippen LogP contribution in [-0.2, 0) is 0 Å². The first-order valence-electron chi connectivity index (χ1n) is 7.58. The highest BCUT2D eigenvalue weighted by atomic mass is 16.5. The van der Waals surface area contributed by atoms with Crippen molar-refractivity contribution in [2.75, 3.05) is 6.54 Å². The van der Waals surface area contributed by atoms with Crippen LogP contribution in [-0.4, -0.2) is 27.9 Å². The van der Waals surface area contributed by atoms with Crippen molar-refractivity contribution in [3.8, 4) is 0 Å². The molecule has 0 aromatic carbocycles. The molecule has 19 heavy (non-hydrogen) atoms. The van der Waals surface area contributed by atoms with E-state index in [0.29, 0.717) is 24.8 Å². The van der Waals surface area contributed by atoms with Gasteiger partial charge in [-0.05, 0) is 19.3 Å². The maximum Gasteiger partial charge on any atom is 0.243 e. The number of aromatic nitrogens is 2. The lowest BCUT2D eigenvalue weighted by molar-refractivity contribution is 0.191. The Morgan fingerprint density at radius 2 is 1.84 bits per heavy atom. The van der Waals surface area contributed by atoms with E-state index in [2.05, 4.69) is 15.5 Å². The van der Waals surface area contributed by atoms with Crippen LogP contribution in [0.5, 0.6) is 0 Å². The van der Waals surface area contributed by atoms with Crippen molar-refractivity contribution in [3.63, 3.8) is 0 Å². The molecule has 1 aliphatic carbocycles. The van der Waals surface area contributed by atoms with Gasteiger partial charge in [-0.15, -0.1) is 0 Å². The van der Waals surface area contributed by atoms with Crippen LogP contribution >= 0.6 is 0 Å². The van der Waals surface area contributed by atoms with Crippen molar-refractivity contribution in [2.24, 2.45) is 0 Å². The first-order valence-corrected chi connectivity index (χ1v) is 7.58. The molecule has 0 amide bonds. The molecule has 0 spiro atoms. The Kier molecular flexibility index (Phi) is 4.13. The fraction of sp³-hybridized carbons (Fsp3) is 0.857. The van der Waals surface area contributed by atoms with Crippen LogP contribution in [0, 0.1) is 0 Å². The monoisotopic (exact) mass is 265 g/mol. The fourth-order valence-electron chi connectivity index (χ4n) is 3.17. The van der Waals surface area contributed by atoms with E-state index >= 15 is 0 Å². The van der Waals surface area contributed by atoms with Gasteiger partial charge in [0.1, 0.15) is 0 Å². The summed E-state index contributed by atoms with van der Waals surface area (Å²) in [6.07, 6.45) is 9.32. The summed E-state index contributed by atoms with van der Waals surface area (Å²) in [6, 6.07) is 0.0322. The van der Waals surface area contributed by atoms with Crippen LogP contribution in [0.25, 0.3) is 0 Å². The number of hydrogen-bond donors (Lipinski definition) is 2. The van der Waals surface area contributed by atoms with Crippen molar-refractivity contribution >= 4 is 0 Å². The molecule has 2 atom stereocenters. The Balaban J connectivity index is 1.66. The summed E-state index contributed by atoms with van der Waals surface area (Å²) in [6.45, 7) is 0.617. The highest BCUT2D eigenvalue weighted by Gasteiger charge is 2.29. The molecule has 5 heteroatoms. The van der Waals surface area contributed by atoms with Gasteiger partial charge in [0.05, 0.1) is 12.1 Å². The zero-order valence-corrected chi connectivity index (χ0v) is 11.3. The van der Waals surface area contributed by atoms with E-state index in [0.717, 1.165) is 5.82 Å². The smallest absolute Gasteiger partial charge is 0.243 e. The molecule has 1 aliphatic heterocycles. The molecule has 0 unspecified atom stereocenters. The Bertz CT molecular complexity index is 399. The summed E-state index contributed by atoms with van der Waals surface area (Å²) in [5.74, 6) is 1.98. The first-order chi connectivity index (χ1) is 9.33. The third-order valence-corrected chi connectivity index (χ3v) is 4.33. The number of rotatable bonds is 2. The number of aliphatic hydroxyl groups excluding tert-OH is 1. The molecule has 1 saturated carbocycles.